The summed E-state index contributed by atoms with van der Waals surface area (Å²) in [4.78, 5) is 19.1. The first-order chi connectivity index (χ1) is 17.2. The van der Waals surface area contributed by atoms with E-state index in [9.17, 15) is 9.90 Å². The van der Waals surface area contributed by atoms with Gasteiger partial charge in [-0.15, -0.1) is 17.5 Å². The minimum absolute atomic E-state index is 0. The number of carbonyl (C=O) groups is 1. The largest absolute Gasteiger partial charge is 0.487 e. The van der Waals surface area contributed by atoms with Crippen molar-refractivity contribution in [3.8, 4) is 5.75 Å². The van der Waals surface area contributed by atoms with Crippen LogP contribution in [0.25, 0.3) is 0 Å². The zero-order chi connectivity index (χ0) is 25.9. The van der Waals surface area contributed by atoms with Crippen LogP contribution >= 0.6 is 12.4 Å². The van der Waals surface area contributed by atoms with Crippen molar-refractivity contribution in [1.82, 2.24) is 24.9 Å². The van der Waals surface area contributed by atoms with Crippen LogP contribution in [0.2, 0.25) is 0 Å². The summed E-state index contributed by atoms with van der Waals surface area (Å²) in [5.74, 6) is -0.0788. The van der Waals surface area contributed by atoms with Crippen LogP contribution in [0.15, 0.2) is 42.7 Å². The van der Waals surface area contributed by atoms with Gasteiger partial charge in [0.15, 0.2) is 0 Å². The molecule has 2 atom stereocenters. The molecular weight excluding hydrogens is 494 g/mol. The Morgan fingerprint density at radius 3 is 2.78 bits per heavy atom. The van der Waals surface area contributed by atoms with Crippen molar-refractivity contribution in [3.63, 3.8) is 0 Å². The Hall–Kier alpha value is -3.01. The van der Waals surface area contributed by atoms with Crippen molar-refractivity contribution < 1.29 is 19.4 Å². The highest BCUT2D eigenvalue weighted by Gasteiger charge is 2.39. The number of benzene rings is 1. The summed E-state index contributed by atoms with van der Waals surface area (Å²) >= 11 is 0. The molecule has 0 bridgehead atoms. The van der Waals surface area contributed by atoms with Crippen LogP contribution in [0, 0.1) is 12.3 Å². The maximum absolute atomic E-state index is 12.2. The Morgan fingerprint density at radius 2 is 2.11 bits per heavy atom. The minimum atomic E-state index is -1.15. The number of aromatic nitrogens is 4. The molecule has 9 nitrogen and oxygen atoms in total. The zero-order valence-electron chi connectivity index (χ0n) is 22.0. The van der Waals surface area contributed by atoms with Gasteiger partial charge in [0.1, 0.15) is 17.5 Å². The highest BCUT2D eigenvalue weighted by Crippen LogP contribution is 2.38. The fourth-order valence-corrected chi connectivity index (χ4v) is 4.49. The number of halogens is 1. The third-order valence-corrected chi connectivity index (χ3v) is 6.76. The first-order valence-corrected chi connectivity index (χ1v) is 12.3. The minimum Gasteiger partial charge on any atom is -0.487 e. The molecule has 37 heavy (non-hydrogen) atoms. The van der Waals surface area contributed by atoms with E-state index in [0.29, 0.717) is 18.8 Å². The number of hydrogen-bond donors (Lipinski definition) is 1. The second-order valence-corrected chi connectivity index (χ2v) is 10.1. The topological polar surface area (TPSA) is 103 Å². The van der Waals surface area contributed by atoms with Gasteiger partial charge >= 0.3 is 5.97 Å². The van der Waals surface area contributed by atoms with Gasteiger partial charge in [0, 0.05) is 32.9 Å². The maximum atomic E-state index is 12.2. The zero-order valence-corrected chi connectivity index (χ0v) is 22.9. The molecule has 1 aliphatic heterocycles. The van der Waals surface area contributed by atoms with Crippen LogP contribution in [0.4, 0.5) is 0 Å². The summed E-state index contributed by atoms with van der Waals surface area (Å²) in [6, 6.07) is 9.96. The number of rotatable bonds is 9. The van der Waals surface area contributed by atoms with Gasteiger partial charge in [-0.2, -0.15) is 0 Å². The molecule has 3 heterocycles. The van der Waals surface area contributed by atoms with Gasteiger partial charge in [-0.3, -0.25) is 19.4 Å². The molecule has 0 saturated heterocycles. The monoisotopic (exact) mass is 529 g/mol. The highest BCUT2D eigenvalue weighted by molar-refractivity contribution is 5.85. The van der Waals surface area contributed by atoms with E-state index in [1.807, 2.05) is 24.3 Å². The summed E-state index contributed by atoms with van der Waals surface area (Å²) in [6.07, 6.45) is 3.87. The number of carboxylic acid groups (broad SMARTS) is 1. The van der Waals surface area contributed by atoms with Gasteiger partial charge in [0.05, 0.1) is 30.0 Å². The summed E-state index contributed by atoms with van der Waals surface area (Å²) in [6.45, 7) is 9.92. The summed E-state index contributed by atoms with van der Waals surface area (Å²) in [5, 5.41) is 18.0. The first kappa shape index (κ1) is 28.6. The molecule has 200 valence electrons. The quantitative estimate of drug-likeness (QED) is 0.433. The standard InChI is InChI=1S/C27H35N5O4.ClH/c1-6-22-15-32(16-23-24(36-22)8-7-11-28-23)13-20-12-19(10-9-18(20)2)25(27(3,4)26(33)34)35-17-21-14-31(5)30-29-21;/h7-12,14,22,25H,6,13,15-17H2,1-5H3,(H,33,34);1H/t22-,25?;/m1./s1. The fourth-order valence-electron chi connectivity index (χ4n) is 4.49. The number of fused-ring (bicyclic) bond motifs is 1. The smallest absolute Gasteiger partial charge is 0.312 e. The van der Waals surface area contributed by atoms with Crippen molar-refractivity contribution in [2.24, 2.45) is 12.5 Å². The van der Waals surface area contributed by atoms with Crippen LogP contribution in [-0.2, 0) is 36.3 Å². The Kier molecular flexibility index (Phi) is 9.28. The molecule has 0 radical (unpaired) electrons. The first-order valence-electron chi connectivity index (χ1n) is 12.3. The molecule has 0 fully saturated rings. The molecule has 4 rings (SSSR count). The molecule has 0 aliphatic carbocycles. The number of ether oxygens (including phenoxy) is 2. The van der Waals surface area contributed by atoms with E-state index in [-0.39, 0.29) is 25.1 Å². The average Bonchev–Trinajstić information content (AvgIpc) is 3.16. The second-order valence-electron chi connectivity index (χ2n) is 10.1. The molecule has 2 aromatic heterocycles. The molecule has 0 amide bonds. The molecule has 0 saturated carbocycles. The maximum Gasteiger partial charge on any atom is 0.312 e. The SMILES string of the molecule is CC[C@@H]1CN(Cc2cc(C(OCc3cn(C)nn3)C(C)(C)C(=O)O)ccc2C)Cc2ncccc2O1.Cl. The lowest BCUT2D eigenvalue weighted by Gasteiger charge is -2.31. The molecule has 1 aliphatic rings. The Bertz CT molecular complexity index is 1220. The lowest BCUT2D eigenvalue weighted by Crippen LogP contribution is -2.34. The van der Waals surface area contributed by atoms with Crippen molar-refractivity contribution in [3.05, 3.63) is 70.8 Å². The Balaban J connectivity index is 0.00000380. The third kappa shape index (κ3) is 6.66. The molecule has 1 N–H and O–H groups in total. The number of carboxylic acids is 1. The van der Waals surface area contributed by atoms with Crippen LogP contribution in [-0.4, -0.2) is 48.6 Å². The normalized spacial score (nSPS) is 16.7. The highest BCUT2D eigenvalue weighted by atomic mass is 35.5. The number of hydrogen-bond acceptors (Lipinski definition) is 7. The number of nitrogens with zero attached hydrogens (tertiary/aromatic N) is 5. The van der Waals surface area contributed by atoms with Gasteiger partial charge in [-0.1, -0.05) is 30.3 Å². The summed E-state index contributed by atoms with van der Waals surface area (Å²) < 4.78 is 14.0. The molecule has 3 aromatic rings. The van der Waals surface area contributed by atoms with E-state index in [2.05, 4.69) is 40.1 Å². The number of aryl methyl sites for hydroxylation is 2. The van der Waals surface area contributed by atoms with Gasteiger partial charge in [0.2, 0.25) is 0 Å². The number of aliphatic carboxylic acids is 1. The molecule has 1 unspecified atom stereocenters. The van der Waals surface area contributed by atoms with Gasteiger partial charge < -0.3 is 14.6 Å². The average molecular weight is 530 g/mol. The fraction of sp³-hybridized carbons (Fsp3) is 0.481. The summed E-state index contributed by atoms with van der Waals surface area (Å²) in [5.41, 5.74) is 3.51. The lowest BCUT2D eigenvalue weighted by atomic mass is 9.81. The van der Waals surface area contributed by atoms with Crippen molar-refractivity contribution in [2.75, 3.05) is 6.54 Å². The van der Waals surface area contributed by atoms with E-state index >= 15 is 0 Å². The third-order valence-electron chi connectivity index (χ3n) is 6.76. The summed E-state index contributed by atoms with van der Waals surface area (Å²) in [7, 11) is 1.78. The predicted molar refractivity (Wildman–Crippen MR) is 141 cm³/mol. The van der Waals surface area contributed by atoms with Crippen molar-refractivity contribution >= 4 is 18.4 Å². The van der Waals surface area contributed by atoms with Gasteiger partial charge in [-0.05, 0) is 56.0 Å². The van der Waals surface area contributed by atoms with Crippen LogP contribution in [0.1, 0.15) is 61.4 Å². The lowest BCUT2D eigenvalue weighted by molar-refractivity contribution is -0.158. The second kappa shape index (κ2) is 12.0. The molecule has 1 aromatic carbocycles. The van der Waals surface area contributed by atoms with Crippen LogP contribution in [0.5, 0.6) is 5.75 Å². The molecule has 0 spiro atoms. The van der Waals surface area contributed by atoms with E-state index in [0.717, 1.165) is 41.1 Å². The van der Waals surface area contributed by atoms with Crippen molar-refractivity contribution in [1.29, 1.82) is 0 Å². The van der Waals surface area contributed by atoms with Crippen molar-refractivity contribution in [2.45, 2.75) is 66.0 Å². The predicted octanol–water partition coefficient (Wildman–Crippen LogP) is 4.48. The van der Waals surface area contributed by atoms with Gasteiger partial charge in [0.25, 0.3) is 0 Å². The van der Waals surface area contributed by atoms with E-state index in [4.69, 9.17) is 9.47 Å². The van der Waals surface area contributed by atoms with Gasteiger partial charge in [-0.25, -0.2) is 0 Å². The van der Waals surface area contributed by atoms with E-state index < -0.39 is 17.5 Å². The van der Waals surface area contributed by atoms with Crippen LogP contribution < -0.4 is 4.74 Å². The number of pyridine rings is 1. The van der Waals surface area contributed by atoms with E-state index in [1.165, 1.54) is 0 Å². The van der Waals surface area contributed by atoms with Crippen LogP contribution in [0.3, 0.4) is 0 Å². The van der Waals surface area contributed by atoms with E-state index in [1.54, 1.807) is 38.0 Å². The Morgan fingerprint density at radius 1 is 1.32 bits per heavy atom. The molecular formula is C27H36ClN5O4. The molecule has 10 heteroatoms. The Labute approximate surface area is 224 Å².